The van der Waals surface area contributed by atoms with Gasteiger partial charge in [-0.3, -0.25) is 9.59 Å². The van der Waals surface area contributed by atoms with Gasteiger partial charge in [0.2, 0.25) is 0 Å². The predicted octanol–water partition coefficient (Wildman–Crippen LogP) is 3.42. The number of aryl methyl sites for hydroxylation is 1. The van der Waals surface area contributed by atoms with Gasteiger partial charge in [-0.1, -0.05) is 12.1 Å². The molecular weight excluding hydrogens is 345 g/mol. The van der Waals surface area contributed by atoms with E-state index in [1.54, 1.807) is 19.3 Å². The third kappa shape index (κ3) is 3.66. The molecule has 0 spiro atoms. The van der Waals surface area contributed by atoms with Crippen LogP contribution in [0.3, 0.4) is 0 Å². The molecule has 2 heterocycles. The predicted molar refractivity (Wildman–Crippen MR) is 91.0 cm³/mol. The Hall–Kier alpha value is -2.57. The maximum atomic E-state index is 13.1. The lowest BCUT2D eigenvalue weighted by Crippen LogP contribution is -2.39. The molecule has 1 aliphatic heterocycles. The Labute approximate surface area is 148 Å². The second-order valence-electron chi connectivity index (χ2n) is 6.52. The van der Waals surface area contributed by atoms with E-state index in [0.29, 0.717) is 25.9 Å². The monoisotopic (exact) mass is 364 g/mol. The Bertz CT molecular complexity index is 866. The summed E-state index contributed by atoms with van der Waals surface area (Å²) in [5.74, 6) is -0.467. The number of halogens is 3. The molecule has 0 saturated carbocycles. The Kier molecular flexibility index (Phi) is 4.89. The van der Waals surface area contributed by atoms with E-state index in [1.807, 2.05) is 6.07 Å². The van der Waals surface area contributed by atoms with Gasteiger partial charge in [-0.25, -0.2) is 0 Å². The van der Waals surface area contributed by atoms with Crippen molar-refractivity contribution in [3.8, 4) is 0 Å². The number of hydrogen-bond acceptors (Lipinski definition) is 2. The van der Waals surface area contributed by atoms with Gasteiger partial charge < -0.3 is 9.47 Å². The molecule has 0 bridgehead atoms. The third-order valence-electron chi connectivity index (χ3n) is 4.84. The Morgan fingerprint density at radius 2 is 1.77 bits per heavy atom. The van der Waals surface area contributed by atoms with Crippen molar-refractivity contribution in [2.24, 2.45) is 7.05 Å². The minimum Gasteiger partial charge on any atom is -0.339 e. The molecule has 1 aliphatic rings. The highest BCUT2D eigenvalue weighted by Crippen LogP contribution is 2.33. The van der Waals surface area contributed by atoms with Gasteiger partial charge in [-0.15, -0.1) is 0 Å². The molecule has 7 heteroatoms. The lowest BCUT2D eigenvalue weighted by atomic mass is 9.89. The summed E-state index contributed by atoms with van der Waals surface area (Å²) in [6.45, 7) is 0.732. The van der Waals surface area contributed by atoms with Crippen molar-refractivity contribution in [1.82, 2.24) is 9.47 Å². The Morgan fingerprint density at radius 3 is 2.38 bits per heavy atom. The van der Waals surface area contributed by atoms with E-state index in [9.17, 15) is 22.8 Å². The summed E-state index contributed by atoms with van der Waals surface area (Å²) < 4.78 is 40.9. The zero-order chi connectivity index (χ0) is 18.9. The van der Waals surface area contributed by atoms with E-state index in [4.69, 9.17) is 0 Å². The van der Waals surface area contributed by atoms with Gasteiger partial charge in [0, 0.05) is 32.4 Å². The summed E-state index contributed by atoms with van der Waals surface area (Å²) in [5, 5.41) is 0. The normalized spacial score (nSPS) is 15.9. The summed E-state index contributed by atoms with van der Waals surface area (Å²) in [7, 11) is 1.67. The van der Waals surface area contributed by atoms with E-state index < -0.39 is 17.6 Å². The number of piperidine rings is 1. The largest absolute Gasteiger partial charge is 0.417 e. The van der Waals surface area contributed by atoms with Crippen LogP contribution in [-0.4, -0.2) is 28.5 Å². The second kappa shape index (κ2) is 6.97. The molecule has 3 rings (SSSR count). The summed E-state index contributed by atoms with van der Waals surface area (Å²) in [6, 6.07) is 8.33. The number of nitrogens with zero attached hydrogens (tertiary/aromatic N) is 2. The highest BCUT2D eigenvalue weighted by Gasteiger charge is 2.36. The summed E-state index contributed by atoms with van der Waals surface area (Å²) in [5.41, 5.74) is -0.401. The molecule has 138 valence electrons. The van der Waals surface area contributed by atoms with Crippen molar-refractivity contribution in [2.45, 2.75) is 24.9 Å². The van der Waals surface area contributed by atoms with Gasteiger partial charge in [-0.2, -0.15) is 13.2 Å². The standard InChI is InChI=1S/C19H19F3N2O2/c1-23-9-6-14(12-17(23)25)13-7-10-24(11-8-13)18(26)15-4-2-3-5-16(15)19(20,21)22/h2-6,9,12-13H,7-8,10-11H2,1H3. The van der Waals surface area contributed by atoms with Crippen molar-refractivity contribution in [1.29, 1.82) is 0 Å². The number of pyridine rings is 1. The molecule has 4 nitrogen and oxygen atoms in total. The van der Waals surface area contributed by atoms with Crippen molar-refractivity contribution < 1.29 is 18.0 Å². The summed E-state index contributed by atoms with van der Waals surface area (Å²) in [4.78, 5) is 25.8. The Morgan fingerprint density at radius 1 is 1.12 bits per heavy atom. The van der Waals surface area contributed by atoms with Crippen LogP contribution in [0, 0.1) is 0 Å². The fourth-order valence-electron chi connectivity index (χ4n) is 3.32. The molecule has 1 fully saturated rings. The van der Waals surface area contributed by atoms with Crippen molar-refractivity contribution in [2.75, 3.05) is 13.1 Å². The smallest absolute Gasteiger partial charge is 0.339 e. The lowest BCUT2D eigenvalue weighted by molar-refractivity contribution is -0.138. The number of rotatable bonds is 2. The first-order chi connectivity index (χ1) is 12.3. The minimum absolute atomic E-state index is 0.0971. The topological polar surface area (TPSA) is 42.3 Å². The minimum atomic E-state index is -4.56. The number of aromatic nitrogens is 1. The first kappa shape index (κ1) is 18.2. The van der Waals surface area contributed by atoms with Crippen LogP contribution in [0.25, 0.3) is 0 Å². The number of likely N-dealkylation sites (tertiary alicyclic amines) is 1. The molecule has 0 atom stereocenters. The van der Waals surface area contributed by atoms with E-state index in [0.717, 1.165) is 11.6 Å². The van der Waals surface area contributed by atoms with Crippen LogP contribution in [0.2, 0.25) is 0 Å². The molecule has 26 heavy (non-hydrogen) atoms. The van der Waals surface area contributed by atoms with E-state index in [2.05, 4.69) is 0 Å². The molecular formula is C19H19F3N2O2. The molecule has 1 aromatic carbocycles. The van der Waals surface area contributed by atoms with Gasteiger partial charge >= 0.3 is 6.18 Å². The molecule has 0 radical (unpaired) electrons. The maximum absolute atomic E-state index is 13.1. The molecule has 1 amide bonds. The average molecular weight is 364 g/mol. The molecule has 0 unspecified atom stereocenters. The number of carbonyl (C=O) groups excluding carboxylic acids is 1. The van der Waals surface area contributed by atoms with Gasteiger partial charge in [0.1, 0.15) is 0 Å². The van der Waals surface area contributed by atoms with Gasteiger partial charge in [0.05, 0.1) is 11.1 Å². The van der Waals surface area contributed by atoms with E-state index in [1.165, 1.54) is 27.7 Å². The highest BCUT2D eigenvalue weighted by molar-refractivity contribution is 5.96. The zero-order valence-electron chi connectivity index (χ0n) is 14.3. The highest BCUT2D eigenvalue weighted by atomic mass is 19.4. The SMILES string of the molecule is Cn1ccc(C2CCN(C(=O)c3ccccc3C(F)(F)F)CC2)cc1=O. The maximum Gasteiger partial charge on any atom is 0.417 e. The van der Waals surface area contributed by atoms with E-state index in [-0.39, 0.29) is 17.0 Å². The van der Waals surface area contributed by atoms with Crippen LogP contribution in [0.5, 0.6) is 0 Å². The van der Waals surface area contributed by atoms with Crippen LogP contribution in [0.4, 0.5) is 13.2 Å². The Balaban J connectivity index is 1.73. The molecule has 1 saturated heterocycles. The fraction of sp³-hybridized carbons (Fsp3) is 0.368. The summed E-state index contributed by atoms with van der Waals surface area (Å²) >= 11 is 0. The number of hydrogen-bond donors (Lipinski definition) is 0. The van der Waals surface area contributed by atoms with Crippen molar-refractivity contribution in [3.63, 3.8) is 0 Å². The van der Waals surface area contributed by atoms with Crippen LogP contribution in [-0.2, 0) is 13.2 Å². The van der Waals surface area contributed by atoms with Crippen molar-refractivity contribution in [3.05, 3.63) is 69.6 Å². The van der Waals surface area contributed by atoms with Gasteiger partial charge in [0.25, 0.3) is 11.5 Å². The first-order valence-corrected chi connectivity index (χ1v) is 8.39. The van der Waals surface area contributed by atoms with Crippen LogP contribution in [0.1, 0.15) is 40.2 Å². The van der Waals surface area contributed by atoms with Crippen LogP contribution in [0.15, 0.2) is 47.4 Å². The number of carbonyl (C=O) groups is 1. The third-order valence-corrected chi connectivity index (χ3v) is 4.84. The number of amides is 1. The van der Waals surface area contributed by atoms with Gasteiger partial charge in [0.15, 0.2) is 0 Å². The van der Waals surface area contributed by atoms with E-state index >= 15 is 0 Å². The quantitative estimate of drug-likeness (QED) is 0.819. The summed E-state index contributed by atoms with van der Waals surface area (Å²) in [6.07, 6.45) is -1.62. The molecule has 2 aromatic rings. The number of alkyl halides is 3. The second-order valence-corrected chi connectivity index (χ2v) is 6.52. The lowest BCUT2D eigenvalue weighted by Gasteiger charge is -2.32. The number of benzene rings is 1. The fourth-order valence-corrected chi connectivity index (χ4v) is 3.32. The average Bonchev–Trinajstić information content (AvgIpc) is 2.63. The molecule has 0 aliphatic carbocycles. The first-order valence-electron chi connectivity index (χ1n) is 8.39. The van der Waals surface area contributed by atoms with Crippen molar-refractivity contribution >= 4 is 5.91 Å². The molecule has 0 N–H and O–H groups in total. The van der Waals surface area contributed by atoms with Crippen LogP contribution >= 0.6 is 0 Å². The van der Waals surface area contributed by atoms with Gasteiger partial charge in [-0.05, 0) is 42.5 Å². The van der Waals surface area contributed by atoms with Crippen LogP contribution < -0.4 is 5.56 Å². The molecule has 1 aromatic heterocycles. The zero-order valence-corrected chi connectivity index (χ0v) is 14.3.